The van der Waals surface area contributed by atoms with E-state index in [0.717, 1.165) is 25.8 Å². The Bertz CT molecular complexity index is 439. The number of β-lactam (4-membered cyclic amide) rings is 1. The standard InChI is InChI=1S/C13H21N3O3S/c1-2-3-4-5-15-9-11(17)16-10(13(18)19)8(6-14)7-20-12(9)16/h9,12,15H,2-7,14H2,1H3,(H,18,19)/t9?,12-/m0/s1. The molecule has 7 heteroatoms. The van der Waals surface area contributed by atoms with Crippen LogP contribution in [0.25, 0.3) is 0 Å². The SMILES string of the molecule is CCCCCNC1C(=O)N2C(C(=O)O)=C(CN)CS[C@@H]12. The smallest absolute Gasteiger partial charge is 0.352 e. The van der Waals surface area contributed by atoms with E-state index in [1.54, 1.807) is 11.8 Å². The first-order valence-electron chi connectivity index (χ1n) is 6.95. The number of thioether (sulfide) groups is 1. The Morgan fingerprint density at radius 1 is 1.55 bits per heavy atom. The van der Waals surface area contributed by atoms with Crippen LogP contribution in [0.3, 0.4) is 0 Å². The molecule has 112 valence electrons. The van der Waals surface area contributed by atoms with Crippen LogP contribution in [0.1, 0.15) is 26.2 Å². The minimum Gasteiger partial charge on any atom is -0.477 e. The van der Waals surface area contributed by atoms with Gasteiger partial charge in [0.15, 0.2) is 0 Å². The van der Waals surface area contributed by atoms with Gasteiger partial charge in [-0.25, -0.2) is 4.79 Å². The number of nitrogens with zero attached hydrogens (tertiary/aromatic N) is 1. The van der Waals surface area contributed by atoms with E-state index in [4.69, 9.17) is 5.73 Å². The van der Waals surface area contributed by atoms with Gasteiger partial charge in [-0.1, -0.05) is 19.8 Å². The highest BCUT2D eigenvalue weighted by Gasteiger charge is 2.52. The zero-order valence-corrected chi connectivity index (χ0v) is 12.4. The number of nitrogens with two attached hydrogens (primary N) is 1. The number of carbonyl (C=O) groups is 2. The number of unbranched alkanes of at least 4 members (excludes halogenated alkanes) is 2. The molecule has 4 N–H and O–H groups in total. The summed E-state index contributed by atoms with van der Waals surface area (Å²) in [6.07, 6.45) is 3.30. The van der Waals surface area contributed by atoms with Gasteiger partial charge in [-0.15, -0.1) is 11.8 Å². The summed E-state index contributed by atoms with van der Waals surface area (Å²) >= 11 is 1.58. The summed E-state index contributed by atoms with van der Waals surface area (Å²) in [5, 5.41) is 12.4. The van der Waals surface area contributed by atoms with E-state index >= 15 is 0 Å². The number of fused-ring (bicyclic) bond motifs is 1. The highest BCUT2D eigenvalue weighted by molar-refractivity contribution is 8.00. The highest BCUT2D eigenvalue weighted by Crippen LogP contribution is 2.39. The molecule has 0 aromatic carbocycles. The van der Waals surface area contributed by atoms with Crippen molar-refractivity contribution in [1.82, 2.24) is 10.2 Å². The number of amides is 1. The maximum atomic E-state index is 12.1. The average molecular weight is 299 g/mol. The zero-order chi connectivity index (χ0) is 14.7. The molecule has 2 aliphatic heterocycles. The van der Waals surface area contributed by atoms with E-state index in [2.05, 4.69) is 12.2 Å². The van der Waals surface area contributed by atoms with Gasteiger partial charge in [0.1, 0.15) is 17.1 Å². The monoisotopic (exact) mass is 299 g/mol. The Kier molecular flexibility index (Phi) is 5.06. The molecule has 0 aliphatic carbocycles. The molecule has 1 saturated heterocycles. The van der Waals surface area contributed by atoms with Crippen LogP contribution >= 0.6 is 11.8 Å². The van der Waals surface area contributed by atoms with E-state index in [-0.39, 0.29) is 29.6 Å². The Morgan fingerprint density at radius 2 is 2.30 bits per heavy atom. The number of carbonyl (C=O) groups excluding carboxylic acids is 1. The normalized spacial score (nSPS) is 25.5. The molecule has 0 bridgehead atoms. The molecule has 2 heterocycles. The number of rotatable bonds is 7. The third kappa shape index (κ3) is 2.70. The summed E-state index contributed by atoms with van der Waals surface area (Å²) in [5.74, 6) is -0.629. The van der Waals surface area contributed by atoms with Gasteiger partial charge in [0.05, 0.1) is 0 Å². The topological polar surface area (TPSA) is 95.7 Å². The lowest BCUT2D eigenvalue weighted by Gasteiger charge is -2.49. The van der Waals surface area contributed by atoms with Gasteiger partial charge in [0, 0.05) is 12.3 Å². The first-order chi connectivity index (χ1) is 9.61. The number of nitrogens with one attached hydrogen (secondary N) is 1. The van der Waals surface area contributed by atoms with Crippen LogP contribution in [0.2, 0.25) is 0 Å². The van der Waals surface area contributed by atoms with Crippen LogP contribution < -0.4 is 11.1 Å². The van der Waals surface area contributed by atoms with Crippen LogP contribution in [-0.2, 0) is 9.59 Å². The third-order valence-corrected chi connectivity index (χ3v) is 4.98. The second-order valence-electron chi connectivity index (χ2n) is 5.01. The number of carboxylic acids is 1. The molecule has 6 nitrogen and oxygen atoms in total. The summed E-state index contributed by atoms with van der Waals surface area (Å²) in [6, 6.07) is -0.259. The first kappa shape index (κ1) is 15.3. The van der Waals surface area contributed by atoms with E-state index in [0.29, 0.717) is 11.3 Å². The summed E-state index contributed by atoms with van der Waals surface area (Å²) < 4.78 is 0. The molecular formula is C13H21N3O3S. The lowest BCUT2D eigenvalue weighted by atomic mass is 10.0. The lowest BCUT2D eigenvalue weighted by molar-refractivity contribution is -0.149. The maximum Gasteiger partial charge on any atom is 0.352 e. The average Bonchev–Trinajstić information content (AvgIpc) is 2.45. The number of hydrogen-bond donors (Lipinski definition) is 3. The number of carboxylic acid groups (broad SMARTS) is 1. The minimum atomic E-state index is -1.06. The van der Waals surface area contributed by atoms with Crippen molar-refractivity contribution in [1.29, 1.82) is 0 Å². The van der Waals surface area contributed by atoms with E-state index < -0.39 is 5.97 Å². The van der Waals surface area contributed by atoms with Gasteiger partial charge in [-0.05, 0) is 18.5 Å². The second kappa shape index (κ2) is 6.60. The van der Waals surface area contributed by atoms with Crippen LogP contribution in [0.15, 0.2) is 11.3 Å². The second-order valence-corrected chi connectivity index (χ2v) is 6.12. The maximum absolute atomic E-state index is 12.1. The third-order valence-electron chi connectivity index (χ3n) is 3.64. The molecule has 0 spiro atoms. The highest BCUT2D eigenvalue weighted by atomic mass is 32.2. The van der Waals surface area contributed by atoms with E-state index in [1.807, 2.05) is 0 Å². The van der Waals surface area contributed by atoms with Crippen molar-refractivity contribution in [2.75, 3.05) is 18.8 Å². The van der Waals surface area contributed by atoms with Crippen molar-refractivity contribution >= 4 is 23.6 Å². The van der Waals surface area contributed by atoms with Gasteiger partial charge < -0.3 is 16.2 Å². The van der Waals surface area contributed by atoms with Crippen molar-refractivity contribution in [3.63, 3.8) is 0 Å². The molecule has 2 rings (SSSR count). The van der Waals surface area contributed by atoms with Crippen molar-refractivity contribution in [3.8, 4) is 0 Å². The summed E-state index contributed by atoms with van der Waals surface area (Å²) in [6.45, 7) is 3.11. The quantitative estimate of drug-likeness (QED) is 0.464. The Labute approximate surface area is 122 Å². The zero-order valence-electron chi connectivity index (χ0n) is 11.6. The number of hydrogen-bond acceptors (Lipinski definition) is 5. The van der Waals surface area contributed by atoms with Crippen molar-refractivity contribution in [3.05, 3.63) is 11.3 Å². The fraction of sp³-hybridized carbons (Fsp3) is 0.692. The van der Waals surface area contributed by atoms with Gasteiger partial charge >= 0.3 is 5.97 Å². The molecule has 0 saturated carbocycles. The Hall–Kier alpha value is -1.05. The van der Waals surface area contributed by atoms with Crippen LogP contribution in [0, 0.1) is 0 Å². The Balaban J connectivity index is 2.01. The summed E-state index contributed by atoms with van der Waals surface area (Å²) in [5.41, 5.74) is 6.29. The lowest BCUT2D eigenvalue weighted by Crippen LogP contribution is -2.70. The molecule has 2 aliphatic rings. The molecule has 2 atom stereocenters. The van der Waals surface area contributed by atoms with Crippen LogP contribution in [-0.4, -0.2) is 52.1 Å². The summed E-state index contributed by atoms with van der Waals surface area (Å²) in [7, 11) is 0. The van der Waals surface area contributed by atoms with Gasteiger partial charge in [0.2, 0.25) is 5.91 Å². The van der Waals surface area contributed by atoms with Gasteiger partial charge in [0.25, 0.3) is 0 Å². The van der Waals surface area contributed by atoms with Crippen molar-refractivity contribution in [2.45, 2.75) is 37.6 Å². The molecule has 1 fully saturated rings. The van der Waals surface area contributed by atoms with Crippen LogP contribution in [0.4, 0.5) is 0 Å². The fourth-order valence-electron chi connectivity index (χ4n) is 2.53. The molecule has 1 unspecified atom stereocenters. The molecule has 1 amide bonds. The summed E-state index contributed by atoms with van der Waals surface area (Å²) in [4.78, 5) is 24.9. The molecule has 20 heavy (non-hydrogen) atoms. The van der Waals surface area contributed by atoms with Crippen LogP contribution in [0.5, 0.6) is 0 Å². The van der Waals surface area contributed by atoms with E-state index in [1.165, 1.54) is 4.90 Å². The largest absolute Gasteiger partial charge is 0.477 e. The first-order valence-corrected chi connectivity index (χ1v) is 8.00. The fourth-order valence-corrected chi connectivity index (χ4v) is 3.92. The van der Waals surface area contributed by atoms with Gasteiger partial charge in [-0.3, -0.25) is 9.69 Å². The van der Waals surface area contributed by atoms with Crippen molar-refractivity contribution in [2.24, 2.45) is 5.73 Å². The predicted octanol–water partition coefficient (Wildman–Crippen LogP) is 0.347. The van der Waals surface area contributed by atoms with E-state index in [9.17, 15) is 14.7 Å². The van der Waals surface area contributed by atoms with Gasteiger partial charge in [-0.2, -0.15) is 0 Å². The molecular weight excluding hydrogens is 278 g/mol. The number of aliphatic carboxylic acids is 1. The predicted molar refractivity (Wildman–Crippen MR) is 78.1 cm³/mol. The molecule has 0 radical (unpaired) electrons. The van der Waals surface area contributed by atoms with Crippen molar-refractivity contribution < 1.29 is 14.7 Å². The Morgan fingerprint density at radius 3 is 2.90 bits per heavy atom. The molecule has 0 aromatic heterocycles. The molecule has 0 aromatic rings. The minimum absolute atomic E-state index is 0.0906.